The van der Waals surface area contributed by atoms with E-state index in [2.05, 4.69) is 4.99 Å². The van der Waals surface area contributed by atoms with E-state index >= 15 is 0 Å². The second-order valence-electron chi connectivity index (χ2n) is 4.97. The van der Waals surface area contributed by atoms with E-state index in [0.717, 1.165) is 5.56 Å². The minimum absolute atomic E-state index is 0.174. The number of allylic oxidation sites excluding steroid dienone is 3. The molecule has 0 saturated carbocycles. The number of ether oxygens (including phenoxy) is 1. The predicted octanol–water partition coefficient (Wildman–Crippen LogP) is 1.72. The van der Waals surface area contributed by atoms with Gasteiger partial charge in [-0.25, -0.2) is 4.99 Å². The van der Waals surface area contributed by atoms with Crippen molar-refractivity contribution in [1.82, 2.24) is 0 Å². The lowest BCUT2D eigenvalue weighted by atomic mass is 10.1. The molecule has 5 heteroatoms. The third-order valence-corrected chi connectivity index (χ3v) is 3.05. The minimum atomic E-state index is -1.03. The van der Waals surface area contributed by atoms with Gasteiger partial charge in [0.15, 0.2) is 0 Å². The lowest BCUT2D eigenvalue weighted by Crippen LogP contribution is -2.39. The van der Waals surface area contributed by atoms with E-state index < -0.39 is 17.7 Å². The highest BCUT2D eigenvalue weighted by Gasteiger charge is 2.27. The average molecular weight is 286 g/mol. The number of esters is 1. The van der Waals surface area contributed by atoms with Gasteiger partial charge in [-0.05, 0) is 36.3 Å². The van der Waals surface area contributed by atoms with Crippen molar-refractivity contribution in [3.8, 4) is 5.75 Å². The van der Waals surface area contributed by atoms with Crippen LogP contribution >= 0.6 is 0 Å². The first-order chi connectivity index (χ1) is 9.98. The molecule has 1 aromatic rings. The summed E-state index contributed by atoms with van der Waals surface area (Å²) in [5, 5.41) is 9.22. The van der Waals surface area contributed by atoms with Gasteiger partial charge in [-0.3, -0.25) is 4.79 Å². The van der Waals surface area contributed by atoms with Crippen LogP contribution in [0, 0.1) is 0 Å². The molecule has 1 aromatic carbocycles. The van der Waals surface area contributed by atoms with Crippen LogP contribution in [0.3, 0.4) is 0 Å². The van der Waals surface area contributed by atoms with Crippen molar-refractivity contribution in [2.45, 2.75) is 25.1 Å². The lowest BCUT2D eigenvalue weighted by molar-refractivity contribution is -0.154. The van der Waals surface area contributed by atoms with Crippen LogP contribution in [-0.2, 0) is 16.0 Å². The second kappa shape index (κ2) is 6.37. The van der Waals surface area contributed by atoms with Crippen LogP contribution in [0.2, 0.25) is 0 Å². The molecule has 5 nitrogen and oxygen atoms in total. The number of hydrogen-bond acceptors (Lipinski definition) is 5. The quantitative estimate of drug-likeness (QED) is 0.825. The number of carbonyl (C=O) groups excluding carboxylic acids is 1. The highest BCUT2D eigenvalue weighted by molar-refractivity contribution is 5.77. The summed E-state index contributed by atoms with van der Waals surface area (Å²) >= 11 is 0. The first kappa shape index (κ1) is 15.0. The van der Waals surface area contributed by atoms with Gasteiger partial charge in [0.2, 0.25) is 5.72 Å². The monoisotopic (exact) mass is 286 g/mol. The molecule has 1 aliphatic rings. The summed E-state index contributed by atoms with van der Waals surface area (Å²) in [5.74, 6) is -0.345. The number of rotatable bonds is 4. The molecule has 2 rings (SSSR count). The van der Waals surface area contributed by atoms with Crippen LogP contribution in [0.5, 0.6) is 5.75 Å². The molecule has 0 aliphatic carbocycles. The first-order valence-corrected chi connectivity index (χ1v) is 6.64. The molecule has 0 saturated heterocycles. The predicted molar refractivity (Wildman–Crippen MR) is 81.1 cm³/mol. The van der Waals surface area contributed by atoms with Crippen LogP contribution in [-0.4, -0.2) is 29.1 Å². The molecule has 2 atom stereocenters. The Kier molecular flexibility index (Phi) is 4.55. The Morgan fingerprint density at radius 1 is 1.33 bits per heavy atom. The third-order valence-electron chi connectivity index (χ3n) is 3.05. The molecular formula is C16H18N2O3. The van der Waals surface area contributed by atoms with E-state index in [1.807, 2.05) is 0 Å². The maximum Gasteiger partial charge on any atom is 0.325 e. The standard InChI is InChI=1S/C16H18N2O3/c1-16(9-3-2-4-10-18-16)21-15(20)14(17)11-12-5-7-13(19)8-6-12/h2-10,14,19H,11,17H2,1H3/t14-,16?/m0/s1. The van der Waals surface area contributed by atoms with Crippen LogP contribution in [0.1, 0.15) is 12.5 Å². The maximum absolute atomic E-state index is 12.1. The van der Waals surface area contributed by atoms with E-state index in [1.54, 1.807) is 61.7 Å². The molecule has 0 aromatic heterocycles. The highest BCUT2D eigenvalue weighted by Crippen LogP contribution is 2.18. The van der Waals surface area contributed by atoms with Crippen LogP contribution in [0.25, 0.3) is 0 Å². The van der Waals surface area contributed by atoms with Crippen LogP contribution in [0.4, 0.5) is 0 Å². The zero-order valence-electron chi connectivity index (χ0n) is 11.8. The smallest absolute Gasteiger partial charge is 0.325 e. The summed E-state index contributed by atoms with van der Waals surface area (Å²) in [6.45, 7) is 1.69. The molecule has 3 N–H and O–H groups in total. The van der Waals surface area contributed by atoms with Crippen LogP contribution < -0.4 is 5.73 Å². The molecular weight excluding hydrogens is 268 g/mol. The Bertz CT molecular complexity index is 572. The van der Waals surface area contributed by atoms with Crippen molar-refractivity contribution < 1.29 is 14.6 Å². The molecule has 1 aliphatic heterocycles. The van der Waals surface area contributed by atoms with Gasteiger partial charge in [-0.15, -0.1) is 0 Å². The minimum Gasteiger partial charge on any atom is -0.508 e. The number of nitrogens with zero attached hydrogens (tertiary/aromatic N) is 1. The number of carbonyl (C=O) groups is 1. The zero-order valence-corrected chi connectivity index (χ0v) is 11.8. The molecule has 0 bridgehead atoms. The molecule has 0 amide bonds. The fourth-order valence-electron chi connectivity index (χ4n) is 1.89. The number of hydrogen-bond donors (Lipinski definition) is 2. The fourth-order valence-corrected chi connectivity index (χ4v) is 1.89. The molecule has 21 heavy (non-hydrogen) atoms. The van der Waals surface area contributed by atoms with Crippen molar-refractivity contribution >= 4 is 12.2 Å². The lowest BCUT2D eigenvalue weighted by Gasteiger charge is -2.23. The third kappa shape index (κ3) is 4.29. The van der Waals surface area contributed by atoms with E-state index in [-0.39, 0.29) is 5.75 Å². The SMILES string of the molecule is CC1(OC(=O)[C@@H](N)Cc2ccc(O)cc2)C=CC=CC=N1. The Morgan fingerprint density at radius 3 is 2.76 bits per heavy atom. The van der Waals surface area contributed by atoms with E-state index in [1.165, 1.54) is 0 Å². The average Bonchev–Trinajstić information content (AvgIpc) is 2.66. The summed E-state index contributed by atoms with van der Waals surface area (Å²) in [6, 6.07) is 5.76. The summed E-state index contributed by atoms with van der Waals surface area (Å²) in [5.41, 5.74) is 5.69. The van der Waals surface area contributed by atoms with Gasteiger partial charge in [0, 0.05) is 13.1 Å². The molecule has 1 heterocycles. The Labute approximate surface area is 123 Å². The summed E-state index contributed by atoms with van der Waals surface area (Å²) in [7, 11) is 0. The second-order valence-corrected chi connectivity index (χ2v) is 4.97. The molecule has 1 unspecified atom stereocenters. The van der Waals surface area contributed by atoms with Gasteiger partial charge in [0.1, 0.15) is 11.8 Å². The Hall–Kier alpha value is -2.40. The van der Waals surface area contributed by atoms with E-state index in [9.17, 15) is 9.90 Å². The van der Waals surface area contributed by atoms with Crippen molar-refractivity contribution in [2.24, 2.45) is 10.7 Å². The largest absolute Gasteiger partial charge is 0.508 e. The van der Waals surface area contributed by atoms with Gasteiger partial charge in [-0.1, -0.05) is 24.3 Å². The van der Waals surface area contributed by atoms with Crippen molar-refractivity contribution in [1.29, 1.82) is 0 Å². The van der Waals surface area contributed by atoms with Crippen LogP contribution in [0.15, 0.2) is 53.6 Å². The van der Waals surface area contributed by atoms with Crippen molar-refractivity contribution in [2.75, 3.05) is 0 Å². The maximum atomic E-state index is 12.1. The number of benzene rings is 1. The molecule has 110 valence electrons. The number of aromatic hydroxyl groups is 1. The fraction of sp³-hybridized carbons (Fsp3) is 0.250. The topological polar surface area (TPSA) is 84.9 Å². The molecule has 0 radical (unpaired) electrons. The van der Waals surface area contributed by atoms with Crippen molar-refractivity contribution in [3.05, 3.63) is 54.1 Å². The van der Waals surface area contributed by atoms with Crippen molar-refractivity contribution in [3.63, 3.8) is 0 Å². The highest BCUT2D eigenvalue weighted by atomic mass is 16.6. The van der Waals surface area contributed by atoms with Gasteiger partial charge in [0.05, 0.1) is 0 Å². The summed E-state index contributed by atoms with van der Waals surface area (Å²) in [6.07, 6.45) is 8.94. The number of nitrogens with two attached hydrogens (primary N) is 1. The van der Waals surface area contributed by atoms with E-state index in [4.69, 9.17) is 10.5 Å². The molecule has 0 fully saturated rings. The molecule has 0 spiro atoms. The Morgan fingerprint density at radius 2 is 2.05 bits per heavy atom. The van der Waals surface area contributed by atoms with E-state index in [0.29, 0.717) is 6.42 Å². The summed E-state index contributed by atoms with van der Waals surface area (Å²) in [4.78, 5) is 16.2. The summed E-state index contributed by atoms with van der Waals surface area (Å²) < 4.78 is 5.38. The number of phenols is 1. The normalized spacial score (nSPS) is 21.8. The van der Waals surface area contributed by atoms with Gasteiger partial charge in [-0.2, -0.15) is 0 Å². The first-order valence-electron chi connectivity index (χ1n) is 6.64. The number of aliphatic imine (C=N–C) groups is 1. The zero-order chi connectivity index (χ0) is 15.3. The van der Waals surface area contributed by atoms with Gasteiger partial charge < -0.3 is 15.6 Å². The number of phenolic OH excluding ortho intramolecular Hbond substituents is 1. The Balaban J connectivity index is 1.98. The van der Waals surface area contributed by atoms with Gasteiger partial charge >= 0.3 is 5.97 Å². The van der Waals surface area contributed by atoms with Gasteiger partial charge in [0.25, 0.3) is 0 Å².